The topological polar surface area (TPSA) is 29.9 Å². The minimum atomic E-state index is 0. The van der Waals surface area contributed by atoms with E-state index in [-0.39, 0.29) is 12.4 Å². The van der Waals surface area contributed by atoms with E-state index >= 15 is 0 Å². The highest BCUT2D eigenvalue weighted by molar-refractivity contribution is 5.85. The van der Waals surface area contributed by atoms with Crippen molar-refractivity contribution >= 4 is 18.2 Å². The van der Waals surface area contributed by atoms with E-state index in [9.17, 15) is 0 Å². The maximum Gasteiger partial charge on any atom is 0.147 e. The molecule has 0 aliphatic carbocycles. The van der Waals surface area contributed by atoms with Gasteiger partial charge < -0.3 is 5.32 Å². The van der Waals surface area contributed by atoms with Crippen molar-refractivity contribution in [3.63, 3.8) is 0 Å². The molecule has 0 saturated heterocycles. The second-order valence-electron chi connectivity index (χ2n) is 4.55. The Morgan fingerprint density at radius 3 is 2.62 bits per heavy atom. The highest BCUT2D eigenvalue weighted by Gasteiger charge is 2.03. The monoisotopic (exact) mass is 245 g/mol. The third-order valence-corrected chi connectivity index (χ3v) is 2.68. The summed E-state index contributed by atoms with van der Waals surface area (Å²) in [6.07, 6.45) is 4.36. The van der Waals surface area contributed by atoms with Gasteiger partial charge in [0.1, 0.15) is 5.82 Å². The number of halogens is 1. The third kappa shape index (κ3) is 4.88. The van der Waals surface area contributed by atoms with Gasteiger partial charge in [-0.3, -0.25) is 4.68 Å². The maximum absolute atomic E-state index is 4.48. The molecule has 0 aliphatic rings. The Morgan fingerprint density at radius 2 is 2.06 bits per heavy atom. The van der Waals surface area contributed by atoms with Crippen LogP contribution in [0.1, 0.15) is 46.6 Å². The second-order valence-corrected chi connectivity index (χ2v) is 4.55. The van der Waals surface area contributed by atoms with Crippen LogP contribution in [0.25, 0.3) is 0 Å². The molecule has 94 valence electrons. The fourth-order valence-electron chi connectivity index (χ4n) is 1.35. The van der Waals surface area contributed by atoms with E-state index in [0.29, 0.717) is 6.04 Å². The molecule has 1 aromatic heterocycles. The highest BCUT2D eigenvalue weighted by atomic mass is 35.5. The number of nitrogens with one attached hydrogen (secondary N) is 1. The summed E-state index contributed by atoms with van der Waals surface area (Å²) < 4.78 is 2.03. The third-order valence-electron chi connectivity index (χ3n) is 2.68. The summed E-state index contributed by atoms with van der Waals surface area (Å²) in [4.78, 5) is 0. The first kappa shape index (κ1) is 15.3. The summed E-state index contributed by atoms with van der Waals surface area (Å²) in [5.41, 5.74) is 0. The molecule has 0 spiro atoms. The van der Waals surface area contributed by atoms with Crippen molar-refractivity contribution in [1.29, 1.82) is 0 Å². The molecular formula is C12H24ClN3. The van der Waals surface area contributed by atoms with Crippen molar-refractivity contribution in [2.45, 2.75) is 46.6 Å². The Labute approximate surface area is 105 Å². The van der Waals surface area contributed by atoms with E-state index in [1.807, 2.05) is 16.9 Å². The molecule has 1 atom stereocenters. The number of hydrogen-bond donors (Lipinski definition) is 1. The van der Waals surface area contributed by atoms with Gasteiger partial charge in [-0.25, -0.2) is 0 Å². The van der Waals surface area contributed by atoms with Gasteiger partial charge in [0.15, 0.2) is 0 Å². The number of aromatic nitrogens is 2. The molecule has 1 aromatic rings. The molecular weight excluding hydrogens is 222 g/mol. The van der Waals surface area contributed by atoms with Gasteiger partial charge in [0.2, 0.25) is 0 Å². The van der Waals surface area contributed by atoms with Gasteiger partial charge in [-0.05, 0) is 25.7 Å². The van der Waals surface area contributed by atoms with Gasteiger partial charge in [-0.1, -0.05) is 20.8 Å². The molecule has 1 rings (SSSR count). The zero-order valence-corrected chi connectivity index (χ0v) is 11.5. The quantitative estimate of drug-likeness (QED) is 0.828. The van der Waals surface area contributed by atoms with Crippen LogP contribution < -0.4 is 5.32 Å². The molecule has 1 heterocycles. The second kappa shape index (κ2) is 7.55. The Morgan fingerprint density at radius 1 is 1.38 bits per heavy atom. The molecule has 0 radical (unpaired) electrons. The molecule has 0 aromatic carbocycles. The fourth-order valence-corrected chi connectivity index (χ4v) is 1.35. The Hall–Kier alpha value is -0.700. The van der Waals surface area contributed by atoms with Crippen LogP contribution in [0.4, 0.5) is 5.82 Å². The first-order valence-electron chi connectivity index (χ1n) is 5.92. The van der Waals surface area contributed by atoms with E-state index in [0.717, 1.165) is 24.7 Å². The Balaban J connectivity index is 0.00000225. The zero-order chi connectivity index (χ0) is 11.3. The van der Waals surface area contributed by atoms with E-state index in [4.69, 9.17) is 0 Å². The van der Waals surface area contributed by atoms with E-state index in [2.05, 4.69) is 38.1 Å². The molecule has 0 aliphatic heterocycles. The normalized spacial score (nSPS) is 12.3. The molecule has 1 unspecified atom stereocenters. The van der Waals surface area contributed by atoms with Gasteiger partial charge in [-0.2, -0.15) is 5.10 Å². The first-order chi connectivity index (χ1) is 7.13. The molecule has 4 heteroatoms. The van der Waals surface area contributed by atoms with Gasteiger partial charge in [0.25, 0.3) is 0 Å². The van der Waals surface area contributed by atoms with Crippen molar-refractivity contribution < 1.29 is 0 Å². The Bertz CT molecular complexity index is 284. The average molecular weight is 246 g/mol. The fraction of sp³-hybridized carbons (Fsp3) is 0.750. The lowest BCUT2D eigenvalue weighted by Crippen LogP contribution is -2.08. The summed E-state index contributed by atoms with van der Waals surface area (Å²) in [5, 5.41) is 7.83. The van der Waals surface area contributed by atoms with Crippen LogP contribution in [0.2, 0.25) is 0 Å². The molecule has 0 fully saturated rings. The largest absolute Gasteiger partial charge is 0.369 e. The summed E-state index contributed by atoms with van der Waals surface area (Å²) in [6, 6.07) is 2.54. The summed E-state index contributed by atoms with van der Waals surface area (Å²) in [6.45, 7) is 9.84. The van der Waals surface area contributed by atoms with Crippen LogP contribution in [-0.2, 0) is 0 Å². The van der Waals surface area contributed by atoms with E-state index < -0.39 is 0 Å². The van der Waals surface area contributed by atoms with Gasteiger partial charge in [0, 0.05) is 24.8 Å². The lowest BCUT2D eigenvalue weighted by molar-refractivity contribution is 0.479. The van der Waals surface area contributed by atoms with E-state index in [1.165, 1.54) is 6.42 Å². The zero-order valence-electron chi connectivity index (χ0n) is 10.7. The molecule has 16 heavy (non-hydrogen) atoms. The summed E-state index contributed by atoms with van der Waals surface area (Å²) >= 11 is 0. The van der Waals surface area contributed by atoms with Crippen molar-refractivity contribution in [1.82, 2.24) is 9.78 Å². The minimum absolute atomic E-state index is 0. The predicted octanol–water partition coefficient (Wildman–Crippen LogP) is 3.73. The predicted molar refractivity (Wildman–Crippen MR) is 72.4 cm³/mol. The van der Waals surface area contributed by atoms with Crippen LogP contribution in [0.15, 0.2) is 12.3 Å². The standard InChI is InChI=1S/C12H23N3.ClH/c1-5-11(4)15-9-7-12(14-15)13-8-6-10(2)3;/h7,9-11H,5-6,8H2,1-4H3,(H,13,14);1H. The van der Waals surface area contributed by atoms with Crippen molar-refractivity contribution in [2.24, 2.45) is 5.92 Å². The summed E-state index contributed by atoms with van der Waals surface area (Å²) in [7, 11) is 0. The van der Waals surface area contributed by atoms with E-state index in [1.54, 1.807) is 0 Å². The smallest absolute Gasteiger partial charge is 0.147 e. The van der Waals surface area contributed by atoms with Gasteiger partial charge >= 0.3 is 0 Å². The van der Waals surface area contributed by atoms with Crippen molar-refractivity contribution in [3.8, 4) is 0 Å². The van der Waals surface area contributed by atoms with Crippen LogP contribution in [0.5, 0.6) is 0 Å². The number of nitrogens with zero attached hydrogens (tertiary/aromatic N) is 2. The van der Waals surface area contributed by atoms with Crippen molar-refractivity contribution in [3.05, 3.63) is 12.3 Å². The number of rotatable bonds is 6. The Kier molecular flexibility index (Phi) is 7.22. The van der Waals surface area contributed by atoms with Crippen LogP contribution in [-0.4, -0.2) is 16.3 Å². The van der Waals surface area contributed by atoms with Gasteiger partial charge in [-0.15, -0.1) is 12.4 Å². The molecule has 0 saturated carbocycles. The molecule has 0 bridgehead atoms. The van der Waals surface area contributed by atoms with Crippen LogP contribution in [0, 0.1) is 5.92 Å². The highest BCUT2D eigenvalue weighted by Crippen LogP contribution is 2.12. The summed E-state index contributed by atoms with van der Waals surface area (Å²) in [5.74, 6) is 1.74. The number of hydrogen-bond acceptors (Lipinski definition) is 2. The lowest BCUT2D eigenvalue weighted by atomic mass is 10.1. The first-order valence-corrected chi connectivity index (χ1v) is 5.92. The van der Waals surface area contributed by atoms with Gasteiger partial charge in [0.05, 0.1) is 0 Å². The van der Waals surface area contributed by atoms with Crippen LogP contribution in [0.3, 0.4) is 0 Å². The molecule has 3 nitrogen and oxygen atoms in total. The molecule has 1 N–H and O–H groups in total. The number of anilines is 1. The molecule has 0 amide bonds. The SMILES string of the molecule is CCC(C)n1ccc(NCCC(C)C)n1.Cl. The van der Waals surface area contributed by atoms with Crippen LogP contribution >= 0.6 is 12.4 Å². The minimum Gasteiger partial charge on any atom is -0.369 e. The average Bonchev–Trinajstić information content (AvgIpc) is 2.65. The van der Waals surface area contributed by atoms with Crippen molar-refractivity contribution in [2.75, 3.05) is 11.9 Å². The maximum atomic E-state index is 4.48. The lowest BCUT2D eigenvalue weighted by Gasteiger charge is -2.09.